The molecule has 0 N–H and O–H groups in total. The summed E-state index contributed by atoms with van der Waals surface area (Å²) in [5, 5.41) is 9.07. The van der Waals surface area contributed by atoms with Crippen molar-refractivity contribution in [1.82, 2.24) is 4.98 Å². The first-order valence-corrected chi connectivity index (χ1v) is 4.72. The van der Waals surface area contributed by atoms with Crippen molar-refractivity contribution in [2.24, 2.45) is 0 Å². The average molecular weight is 301 g/mol. The number of carbonyl (C=O) groups is 1. The first kappa shape index (κ1) is 15.0. The molecule has 0 amide bonds. The van der Waals surface area contributed by atoms with Crippen molar-refractivity contribution in [3.05, 3.63) is 21.9 Å². The van der Waals surface area contributed by atoms with Gasteiger partial charge in [-0.3, -0.25) is 4.79 Å². The van der Waals surface area contributed by atoms with Gasteiger partial charge in [-0.1, -0.05) is 0 Å². The molecular weight excluding hydrogens is 297 g/mol. The Hall–Kier alpha value is -2.10. The molecule has 7 nitrogen and oxygen atoms in total. The number of halogens is 4. The Labute approximate surface area is 108 Å². The molecule has 0 unspecified atom stereocenters. The number of nitrogens with zero attached hydrogens (tertiary/aromatic N) is 2. The summed E-state index contributed by atoms with van der Waals surface area (Å²) in [6, 6.07) is 0. The number of nitro groups is 1. The highest BCUT2D eigenvalue weighted by molar-refractivity contribution is 6.68. The van der Waals surface area contributed by atoms with E-state index in [0.29, 0.717) is 6.20 Å². The van der Waals surface area contributed by atoms with Gasteiger partial charge in [0.1, 0.15) is 0 Å². The molecule has 0 aliphatic heterocycles. The second kappa shape index (κ2) is 5.26. The van der Waals surface area contributed by atoms with E-state index in [-0.39, 0.29) is 0 Å². The normalized spacial score (nSPS) is 11.0. The first-order chi connectivity index (χ1) is 8.67. The van der Waals surface area contributed by atoms with E-state index >= 15 is 0 Å². The summed E-state index contributed by atoms with van der Waals surface area (Å²) in [4.78, 5) is 23.7. The summed E-state index contributed by atoms with van der Waals surface area (Å²) in [5.74, 6) is -3.00. The molecule has 19 heavy (non-hydrogen) atoms. The average Bonchev–Trinajstić information content (AvgIpc) is 2.25. The summed E-state index contributed by atoms with van der Waals surface area (Å²) >= 11 is 5.03. The fraction of sp³-hybridized carbons (Fsp3) is 0.250. The Morgan fingerprint density at radius 3 is 2.47 bits per heavy atom. The van der Waals surface area contributed by atoms with E-state index in [1.165, 1.54) is 0 Å². The van der Waals surface area contributed by atoms with Crippen LogP contribution in [0.25, 0.3) is 0 Å². The van der Waals surface area contributed by atoms with Crippen LogP contribution in [0.2, 0.25) is 0 Å². The quantitative estimate of drug-likeness (QED) is 0.481. The van der Waals surface area contributed by atoms with Crippen LogP contribution >= 0.6 is 11.6 Å². The van der Waals surface area contributed by atoms with Gasteiger partial charge in [-0.15, -0.1) is 13.2 Å². The molecule has 0 aliphatic carbocycles. The maximum atomic E-state index is 12.2. The third-order valence-electron chi connectivity index (χ3n) is 1.79. The lowest BCUT2D eigenvalue weighted by Gasteiger charge is -2.13. The molecule has 104 valence electrons. The van der Waals surface area contributed by atoms with Gasteiger partial charge in [-0.25, -0.2) is 0 Å². The van der Waals surface area contributed by atoms with Gasteiger partial charge in [-0.05, 0) is 21.5 Å². The Bertz CT molecular complexity index is 534. The largest absolute Gasteiger partial charge is 0.573 e. The first-order valence-electron chi connectivity index (χ1n) is 4.34. The zero-order valence-electron chi connectivity index (χ0n) is 9.02. The predicted molar refractivity (Wildman–Crippen MR) is 54.3 cm³/mol. The lowest BCUT2D eigenvalue weighted by molar-refractivity contribution is -0.390. The second-order valence-electron chi connectivity index (χ2n) is 2.93. The van der Waals surface area contributed by atoms with E-state index in [1.54, 1.807) is 0 Å². The fourth-order valence-electron chi connectivity index (χ4n) is 1.15. The van der Waals surface area contributed by atoms with E-state index in [9.17, 15) is 28.1 Å². The molecule has 0 bridgehead atoms. The van der Waals surface area contributed by atoms with Crippen LogP contribution in [0.15, 0.2) is 6.20 Å². The lowest BCUT2D eigenvalue weighted by atomic mass is 10.2. The number of ether oxygens (including phenoxy) is 2. The minimum atomic E-state index is -5.19. The van der Waals surface area contributed by atoms with E-state index in [2.05, 4.69) is 14.5 Å². The van der Waals surface area contributed by atoms with Crippen LogP contribution in [-0.4, -0.2) is 28.6 Å². The summed E-state index contributed by atoms with van der Waals surface area (Å²) in [6.07, 6.45) is -4.58. The molecule has 1 rings (SSSR count). The number of hydrogen-bond donors (Lipinski definition) is 0. The molecule has 0 saturated carbocycles. The molecule has 0 aliphatic rings. The highest BCUT2D eigenvalue weighted by Crippen LogP contribution is 2.39. The fourth-order valence-corrected chi connectivity index (χ4v) is 1.32. The van der Waals surface area contributed by atoms with E-state index in [4.69, 9.17) is 11.6 Å². The molecule has 0 saturated heterocycles. The molecule has 0 spiro atoms. The maximum absolute atomic E-state index is 12.2. The molecule has 0 atom stereocenters. The number of hydrogen-bond acceptors (Lipinski definition) is 6. The molecular formula is C8H4ClF3N2O5. The van der Waals surface area contributed by atoms with Crippen molar-refractivity contribution in [1.29, 1.82) is 0 Å². The Morgan fingerprint density at radius 1 is 1.53 bits per heavy atom. The van der Waals surface area contributed by atoms with Crippen molar-refractivity contribution >= 4 is 22.7 Å². The summed E-state index contributed by atoms with van der Waals surface area (Å²) < 4.78 is 44.7. The predicted octanol–water partition coefficient (Wildman–Crippen LogP) is 2.28. The van der Waals surface area contributed by atoms with Gasteiger partial charge < -0.3 is 19.6 Å². The number of aromatic nitrogens is 1. The minimum Gasteiger partial charge on any atom is -0.490 e. The molecule has 0 radical (unpaired) electrons. The highest BCUT2D eigenvalue weighted by Gasteiger charge is 2.38. The van der Waals surface area contributed by atoms with Crippen LogP contribution in [-0.2, 0) is 0 Å². The van der Waals surface area contributed by atoms with Crippen molar-refractivity contribution in [2.45, 2.75) is 6.36 Å². The molecule has 1 aromatic rings. The monoisotopic (exact) mass is 300 g/mol. The summed E-state index contributed by atoms with van der Waals surface area (Å²) in [6.45, 7) is 0. The molecule has 1 heterocycles. The number of alkyl halides is 3. The molecule has 0 aromatic carbocycles. The van der Waals surface area contributed by atoms with Crippen LogP contribution in [0.4, 0.5) is 19.0 Å². The van der Waals surface area contributed by atoms with E-state index in [1.807, 2.05) is 0 Å². The molecule has 1 aromatic heterocycles. The van der Waals surface area contributed by atoms with E-state index < -0.39 is 39.4 Å². The maximum Gasteiger partial charge on any atom is 0.573 e. The second-order valence-corrected chi connectivity index (χ2v) is 3.28. The van der Waals surface area contributed by atoms with Gasteiger partial charge >= 0.3 is 12.2 Å². The molecule has 11 heteroatoms. The highest BCUT2D eigenvalue weighted by atomic mass is 35.5. The van der Waals surface area contributed by atoms with Crippen LogP contribution in [0.1, 0.15) is 10.4 Å². The van der Waals surface area contributed by atoms with Gasteiger partial charge in [0.05, 0.1) is 7.11 Å². The summed E-state index contributed by atoms with van der Waals surface area (Å²) in [7, 11) is 0.967. The van der Waals surface area contributed by atoms with Gasteiger partial charge in [0, 0.05) is 0 Å². The van der Waals surface area contributed by atoms with Crippen molar-refractivity contribution in [3.8, 4) is 11.5 Å². The standard InChI is InChI=1S/C8H4ClF3N2O5/c1-18-3-2-13-7(14(16)17)4(6(9)15)5(3)19-8(10,11)12/h2H,1H3. The van der Waals surface area contributed by atoms with Crippen molar-refractivity contribution < 1.29 is 32.4 Å². The Morgan fingerprint density at radius 2 is 2.11 bits per heavy atom. The topological polar surface area (TPSA) is 91.6 Å². The molecule has 0 fully saturated rings. The van der Waals surface area contributed by atoms with Gasteiger partial charge in [0.2, 0.25) is 5.75 Å². The van der Waals surface area contributed by atoms with E-state index in [0.717, 1.165) is 7.11 Å². The van der Waals surface area contributed by atoms with Crippen molar-refractivity contribution in [2.75, 3.05) is 7.11 Å². The number of rotatable bonds is 4. The smallest absolute Gasteiger partial charge is 0.490 e. The Balaban J connectivity index is 3.57. The third kappa shape index (κ3) is 3.44. The zero-order valence-corrected chi connectivity index (χ0v) is 9.78. The Kier molecular flexibility index (Phi) is 4.14. The van der Waals surface area contributed by atoms with Gasteiger partial charge in [0.15, 0.2) is 17.5 Å². The SMILES string of the molecule is COc1cnc([N+](=O)[O-])c(C(=O)Cl)c1OC(F)(F)F. The van der Waals surface area contributed by atoms with Gasteiger partial charge in [-0.2, -0.15) is 0 Å². The summed E-state index contributed by atoms with van der Waals surface area (Å²) in [5.41, 5.74) is -1.14. The minimum absolute atomic E-state index is 0.614. The van der Waals surface area contributed by atoms with Crippen LogP contribution in [0.5, 0.6) is 11.5 Å². The van der Waals surface area contributed by atoms with Crippen molar-refractivity contribution in [3.63, 3.8) is 0 Å². The number of methoxy groups -OCH3 is 1. The van der Waals surface area contributed by atoms with Crippen LogP contribution < -0.4 is 9.47 Å². The van der Waals surface area contributed by atoms with Crippen LogP contribution in [0, 0.1) is 10.1 Å². The third-order valence-corrected chi connectivity index (χ3v) is 1.97. The lowest BCUT2D eigenvalue weighted by Crippen LogP contribution is -2.20. The van der Waals surface area contributed by atoms with Crippen LogP contribution in [0.3, 0.4) is 0 Å². The zero-order chi connectivity index (χ0) is 14.8. The number of carbonyl (C=O) groups excluding carboxylic acids is 1. The number of pyridine rings is 1. The van der Waals surface area contributed by atoms with Gasteiger partial charge in [0.25, 0.3) is 5.24 Å².